The van der Waals surface area contributed by atoms with Crippen LogP contribution in [0.25, 0.3) is 0 Å². The molecule has 1 N–H and O–H groups in total. The molecule has 1 aromatic rings. The number of rotatable bonds is 3. The van der Waals surface area contributed by atoms with E-state index in [0.717, 1.165) is 27.6 Å². The zero-order valence-electron chi connectivity index (χ0n) is 7.89. The molecule has 1 aliphatic carbocycles. The monoisotopic (exact) mass is 273 g/mol. The van der Waals surface area contributed by atoms with E-state index in [1.54, 1.807) is 0 Å². The Kier molecular flexibility index (Phi) is 3.34. The second-order valence-electron chi connectivity index (χ2n) is 3.81. The summed E-state index contributed by atoms with van der Waals surface area (Å²) >= 11 is 9.36. The molecule has 0 unspecified atom stereocenters. The highest BCUT2D eigenvalue weighted by Crippen LogP contribution is 2.28. The zero-order valence-corrected chi connectivity index (χ0v) is 10.2. The van der Waals surface area contributed by atoms with Gasteiger partial charge in [-0.2, -0.15) is 0 Å². The highest BCUT2D eigenvalue weighted by atomic mass is 79.9. The molecule has 0 aliphatic heterocycles. The zero-order chi connectivity index (χ0) is 9.97. The first-order valence-corrected chi connectivity index (χ1v) is 6.12. The van der Waals surface area contributed by atoms with Crippen molar-refractivity contribution in [1.29, 1.82) is 0 Å². The van der Waals surface area contributed by atoms with E-state index in [0.29, 0.717) is 0 Å². The van der Waals surface area contributed by atoms with E-state index >= 15 is 0 Å². The second kappa shape index (κ2) is 4.54. The molecule has 0 atom stereocenters. The Balaban J connectivity index is 1.91. The molecule has 3 heteroatoms. The lowest BCUT2D eigenvalue weighted by Crippen LogP contribution is -2.20. The van der Waals surface area contributed by atoms with Crippen LogP contribution in [-0.2, 0) is 0 Å². The van der Waals surface area contributed by atoms with Crippen LogP contribution in [0.4, 0.5) is 5.69 Å². The van der Waals surface area contributed by atoms with Crippen molar-refractivity contribution in [3.63, 3.8) is 0 Å². The SMILES string of the molecule is Clc1cc(NCC2CCC2)ccc1Br. The van der Waals surface area contributed by atoms with Gasteiger partial charge in [0.1, 0.15) is 0 Å². The van der Waals surface area contributed by atoms with E-state index in [9.17, 15) is 0 Å². The third kappa shape index (κ3) is 2.43. The molecule has 0 bridgehead atoms. The largest absolute Gasteiger partial charge is 0.385 e. The van der Waals surface area contributed by atoms with Crippen molar-refractivity contribution in [2.45, 2.75) is 19.3 Å². The van der Waals surface area contributed by atoms with E-state index in [1.165, 1.54) is 19.3 Å². The van der Waals surface area contributed by atoms with Gasteiger partial charge in [0.25, 0.3) is 0 Å². The van der Waals surface area contributed by atoms with E-state index in [4.69, 9.17) is 11.6 Å². The first-order chi connectivity index (χ1) is 6.75. The fourth-order valence-corrected chi connectivity index (χ4v) is 1.99. The van der Waals surface area contributed by atoms with E-state index in [1.807, 2.05) is 12.1 Å². The number of hydrogen-bond donors (Lipinski definition) is 1. The average Bonchev–Trinajstić information content (AvgIpc) is 2.08. The summed E-state index contributed by atoms with van der Waals surface area (Å²) in [7, 11) is 0. The number of nitrogens with one attached hydrogen (secondary N) is 1. The van der Waals surface area contributed by atoms with Gasteiger partial charge < -0.3 is 5.32 Å². The van der Waals surface area contributed by atoms with Crippen molar-refractivity contribution in [2.75, 3.05) is 11.9 Å². The van der Waals surface area contributed by atoms with Crippen molar-refractivity contribution < 1.29 is 0 Å². The maximum absolute atomic E-state index is 5.99. The number of hydrogen-bond acceptors (Lipinski definition) is 1. The van der Waals surface area contributed by atoms with Crippen LogP contribution in [0.15, 0.2) is 22.7 Å². The van der Waals surface area contributed by atoms with Crippen LogP contribution >= 0.6 is 27.5 Å². The fraction of sp³-hybridized carbons (Fsp3) is 0.455. The van der Waals surface area contributed by atoms with Crippen LogP contribution in [-0.4, -0.2) is 6.54 Å². The molecule has 0 amide bonds. The Labute approximate surface area is 98.0 Å². The summed E-state index contributed by atoms with van der Waals surface area (Å²) in [6.45, 7) is 1.08. The van der Waals surface area contributed by atoms with Crippen LogP contribution in [0, 0.1) is 5.92 Å². The van der Waals surface area contributed by atoms with Crippen molar-refractivity contribution in [1.82, 2.24) is 0 Å². The summed E-state index contributed by atoms with van der Waals surface area (Å²) in [6, 6.07) is 5.99. The fourth-order valence-electron chi connectivity index (χ4n) is 1.57. The highest BCUT2D eigenvalue weighted by Gasteiger charge is 2.16. The predicted octanol–water partition coefficient (Wildman–Crippen LogP) is 4.31. The van der Waals surface area contributed by atoms with Gasteiger partial charge in [0.15, 0.2) is 0 Å². The van der Waals surface area contributed by atoms with Crippen LogP contribution in [0.1, 0.15) is 19.3 Å². The van der Waals surface area contributed by atoms with Crippen LogP contribution in [0.2, 0.25) is 5.02 Å². The highest BCUT2D eigenvalue weighted by molar-refractivity contribution is 9.10. The second-order valence-corrected chi connectivity index (χ2v) is 5.07. The topological polar surface area (TPSA) is 12.0 Å². The quantitative estimate of drug-likeness (QED) is 0.866. The maximum atomic E-state index is 5.99. The number of benzene rings is 1. The third-order valence-corrected chi connectivity index (χ3v) is 3.97. The van der Waals surface area contributed by atoms with Gasteiger partial charge in [-0.1, -0.05) is 18.0 Å². The molecular formula is C11H13BrClN. The average molecular weight is 275 g/mol. The molecule has 0 heterocycles. The van der Waals surface area contributed by atoms with Crippen molar-refractivity contribution >= 4 is 33.2 Å². The third-order valence-electron chi connectivity index (χ3n) is 2.74. The van der Waals surface area contributed by atoms with Gasteiger partial charge in [-0.15, -0.1) is 0 Å². The molecule has 1 saturated carbocycles. The smallest absolute Gasteiger partial charge is 0.0568 e. The summed E-state index contributed by atoms with van der Waals surface area (Å²) < 4.78 is 0.952. The summed E-state index contributed by atoms with van der Waals surface area (Å²) in [5, 5.41) is 4.18. The first-order valence-electron chi connectivity index (χ1n) is 4.94. The maximum Gasteiger partial charge on any atom is 0.0568 e. The Morgan fingerprint density at radius 2 is 2.21 bits per heavy atom. The Hall–Kier alpha value is -0.210. The molecule has 1 aliphatic rings. The van der Waals surface area contributed by atoms with Gasteiger partial charge in [0.05, 0.1) is 5.02 Å². The van der Waals surface area contributed by atoms with Gasteiger partial charge in [-0.05, 0) is 52.9 Å². The van der Waals surface area contributed by atoms with Gasteiger partial charge in [-0.25, -0.2) is 0 Å². The lowest BCUT2D eigenvalue weighted by Gasteiger charge is -2.25. The molecule has 0 radical (unpaired) electrons. The standard InChI is InChI=1S/C11H13BrClN/c12-10-5-4-9(6-11(10)13)14-7-8-2-1-3-8/h4-6,8,14H,1-3,7H2. The van der Waals surface area contributed by atoms with Gasteiger partial charge in [0.2, 0.25) is 0 Å². The van der Waals surface area contributed by atoms with Crippen LogP contribution in [0.3, 0.4) is 0 Å². The normalized spacial score (nSPS) is 16.4. The summed E-state index contributed by atoms with van der Waals surface area (Å²) in [5.74, 6) is 0.873. The predicted molar refractivity (Wildman–Crippen MR) is 65.0 cm³/mol. The van der Waals surface area contributed by atoms with Gasteiger partial charge in [0, 0.05) is 16.7 Å². The molecule has 76 valence electrons. The number of anilines is 1. The minimum Gasteiger partial charge on any atom is -0.385 e. The minimum atomic E-state index is 0.767. The lowest BCUT2D eigenvalue weighted by atomic mass is 9.85. The molecule has 1 fully saturated rings. The Bertz CT molecular complexity index is 323. The molecular weight excluding hydrogens is 261 g/mol. The first kappa shape index (κ1) is 10.3. The summed E-state index contributed by atoms with van der Waals surface area (Å²) in [5.41, 5.74) is 1.12. The molecule has 0 aromatic heterocycles. The molecule has 0 saturated heterocycles. The minimum absolute atomic E-state index is 0.767. The summed E-state index contributed by atoms with van der Waals surface area (Å²) in [6.07, 6.45) is 4.14. The molecule has 1 nitrogen and oxygen atoms in total. The van der Waals surface area contributed by atoms with Gasteiger partial charge in [-0.3, -0.25) is 0 Å². The van der Waals surface area contributed by atoms with Crippen molar-refractivity contribution in [3.8, 4) is 0 Å². The Morgan fingerprint density at radius 1 is 1.43 bits per heavy atom. The molecule has 2 rings (SSSR count). The Morgan fingerprint density at radius 3 is 2.79 bits per heavy atom. The van der Waals surface area contributed by atoms with Crippen molar-refractivity contribution in [2.24, 2.45) is 5.92 Å². The molecule has 14 heavy (non-hydrogen) atoms. The van der Waals surface area contributed by atoms with E-state index in [-0.39, 0.29) is 0 Å². The van der Waals surface area contributed by atoms with Crippen molar-refractivity contribution in [3.05, 3.63) is 27.7 Å². The van der Waals surface area contributed by atoms with Crippen LogP contribution in [0.5, 0.6) is 0 Å². The molecule has 1 aromatic carbocycles. The summed E-state index contributed by atoms with van der Waals surface area (Å²) in [4.78, 5) is 0. The van der Waals surface area contributed by atoms with E-state index < -0.39 is 0 Å². The van der Waals surface area contributed by atoms with Crippen LogP contribution < -0.4 is 5.32 Å². The number of halogens is 2. The molecule has 0 spiro atoms. The van der Waals surface area contributed by atoms with Gasteiger partial charge >= 0.3 is 0 Å². The lowest BCUT2D eigenvalue weighted by molar-refractivity contribution is 0.333. The van der Waals surface area contributed by atoms with E-state index in [2.05, 4.69) is 27.3 Å².